The van der Waals surface area contributed by atoms with Crippen molar-refractivity contribution >= 4 is 27.6 Å². The highest BCUT2D eigenvalue weighted by Crippen LogP contribution is 2.24. The lowest BCUT2D eigenvalue weighted by Gasteiger charge is -2.07. The number of nitrogens with one attached hydrogen (secondary N) is 1. The van der Waals surface area contributed by atoms with Crippen molar-refractivity contribution < 1.29 is 4.42 Å². The molecular weight excluding hydrogens is 284 g/mol. The van der Waals surface area contributed by atoms with E-state index in [9.17, 15) is 0 Å². The minimum Gasteiger partial charge on any atom is -0.406 e. The zero-order valence-corrected chi connectivity index (χ0v) is 11.0. The Labute approximate surface area is 108 Å². The Balaban J connectivity index is 2.23. The summed E-state index contributed by atoms with van der Waals surface area (Å²) in [4.78, 5) is 0. The summed E-state index contributed by atoms with van der Waals surface area (Å²) in [5.74, 6) is 0.419. The van der Waals surface area contributed by atoms with E-state index in [1.165, 1.54) is 5.56 Å². The molecule has 0 saturated carbocycles. The number of aromatic nitrogens is 2. The number of halogens is 1. The van der Waals surface area contributed by atoms with Gasteiger partial charge in [0, 0.05) is 10.2 Å². The Morgan fingerprint density at radius 2 is 2.24 bits per heavy atom. The monoisotopic (exact) mass is 296 g/mol. The first kappa shape index (κ1) is 12.1. The van der Waals surface area contributed by atoms with E-state index in [4.69, 9.17) is 10.2 Å². The molecule has 17 heavy (non-hydrogen) atoms. The molecule has 0 amide bonds. The quantitative estimate of drug-likeness (QED) is 0.907. The molecule has 1 aromatic carbocycles. The van der Waals surface area contributed by atoms with Gasteiger partial charge in [-0.1, -0.05) is 28.0 Å². The van der Waals surface area contributed by atoms with Crippen LogP contribution < -0.4 is 11.1 Å². The highest BCUT2D eigenvalue weighted by atomic mass is 79.9. The average Bonchev–Trinajstić information content (AvgIpc) is 2.79. The highest BCUT2D eigenvalue weighted by molar-refractivity contribution is 9.10. The van der Waals surface area contributed by atoms with Gasteiger partial charge in [-0.3, -0.25) is 0 Å². The summed E-state index contributed by atoms with van der Waals surface area (Å²) in [5.41, 5.74) is 7.54. The van der Waals surface area contributed by atoms with Gasteiger partial charge in [-0.15, -0.1) is 5.10 Å². The molecule has 0 aliphatic rings. The topological polar surface area (TPSA) is 77.0 Å². The van der Waals surface area contributed by atoms with E-state index >= 15 is 0 Å². The number of hydrogen-bond acceptors (Lipinski definition) is 5. The standard InChI is InChI=1S/C11H13BrN4O/c1-2-7-5-8(12)3-4-9(7)14-11-16-15-10(6-13)17-11/h3-5H,2,6,13H2,1H3,(H,14,16). The van der Waals surface area contributed by atoms with Crippen LogP contribution in [-0.2, 0) is 13.0 Å². The lowest BCUT2D eigenvalue weighted by Crippen LogP contribution is -1.96. The summed E-state index contributed by atoms with van der Waals surface area (Å²) in [7, 11) is 0. The van der Waals surface area contributed by atoms with Crippen molar-refractivity contribution in [1.29, 1.82) is 0 Å². The van der Waals surface area contributed by atoms with Crippen LogP contribution in [0.15, 0.2) is 27.1 Å². The molecule has 0 atom stereocenters. The molecule has 2 aromatic rings. The fourth-order valence-electron chi connectivity index (χ4n) is 1.48. The molecule has 0 unspecified atom stereocenters. The van der Waals surface area contributed by atoms with Crippen LogP contribution in [-0.4, -0.2) is 10.2 Å². The van der Waals surface area contributed by atoms with Gasteiger partial charge < -0.3 is 15.5 Å². The maximum Gasteiger partial charge on any atom is 0.320 e. The maximum absolute atomic E-state index is 5.40. The van der Waals surface area contributed by atoms with E-state index < -0.39 is 0 Å². The molecule has 0 radical (unpaired) electrons. The van der Waals surface area contributed by atoms with Gasteiger partial charge in [0.05, 0.1) is 6.54 Å². The zero-order chi connectivity index (χ0) is 12.3. The summed E-state index contributed by atoms with van der Waals surface area (Å²) in [6, 6.07) is 6.35. The number of benzene rings is 1. The minimum absolute atomic E-state index is 0.246. The summed E-state index contributed by atoms with van der Waals surface area (Å²) < 4.78 is 6.35. The Morgan fingerprint density at radius 3 is 2.88 bits per heavy atom. The third kappa shape index (κ3) is 2.83. The summed E-state index contributed by atoms with van der Waals surface area (Å²) in [6.07, 6.45) is 0.916. The van der Waals surface area contributed by atoms with Gasteiger partial charge in [-0.2, -0.15) is 0 Å². The molecule has 2 rings (SSSR count). The Hall–Kier alpha value is -1.40. The molecule has 6 heteroatoms. The SMILES string of the molecule is CCc1cc(Br)ccc1Nc1nnc(CN)o1. The first-order valence-corrected chi connectivity index (χ1v) is 6.10. The first-order chi connectivity index (χ1) is 8.22. The van der Waals surface area contributed by atoms with Gasteiger partial charge in [0.2, 0.25) is 5.89 Å². The first-order valence-electron chi connectivity index (χ1n) is 5.30. The number of rotatable bonds is 4. The molecule has 0 aliphatic heterocycles. The molecule has 0 fully saturated rings. The van der Waals surface area contributed by atoms with Crippen LogP contribution in [0.4, 0.5) is 11.7 Å². The van der Waals surface area contributed by atoms with Crippen molar-refractivity contribution in [2.45, 2.75) is 19.9 Å². The predicted molar refractivity (Wildman–Crippen MR) is 69.0 cm³/mol. The molecule has 90 valence electrons. The van der Waals surface area contributed by atoms with Crippen LogP contribution in [0.5, 0.6) is 0 Å². The third-order valence-corrected chi connectivity index (χ3v) is 2.82. The Kier molecular flexibility index (Phi) is 3.75. The lowest BCUT2D eigenvalue weighted by atomic mass is 10.1. The van der Waals surface area contributed by atoms with E-state index in [2.05, 4.69) is 44.4 Å². The summed E-state index contributed by atoms with van der Waals surface area (Å²) in [6.45, 7) is 2.34. The van der Waals surface area contributed by atoms with Gasteiger partial charge in [-0.25, -0.2) is 0 Å². The van der Waals surface area contributed by atoms with Crippen molar-refractivity contribution in [3.63, 3.8) is 0 Å². The Bertz CT molecular complexity index is 512. The molecular formula is C11H13BrN4O. The van der Waals surface area contributed by atoms with Gasteiger partial charge in [0.1, 0.15) is 0 Å². The van der Waals surface area contributed by atoms with Gasteiger partial charge >= 0.3 is 6.01 Å². The number of anilines is 2. The van der Waals surface area contributed by atoms with Crippen molar-refractivity contribution in [2.24, 2.45) is 5.73 Å². The van der Waals surface area contributed by atoms with E-state index in [1.54, 1.807) is 0 Å². The van der Waals surface area contributed by atoms with Crippen LogP contribution in [0, 0.1) is 0 Å². The van der Waals surface area contributed by atoms with Crippen molar-refractivity contribution in [1.82, 2.24) is 10.2 Å². The molecule has 3 N–H and O–H groups in total. The molecule has 0 aliphatic carbocycles. The Morgan fingerprint density at radius 1 is 1.41 bits per heavy atom. The number of nitrogens with two attached hydrogens (primary N) is 1. The second-order valence-electron chi connectivity index (χ2n) is 3.49. The average molecular weight is 297 g/mol. The van der Waals surface area contributed by atoms with Crippen molar-refractivity contribution in [3.8, 4) is 0 Å². The van der Waals surface area contributed by atoms with Crippen LogP contribution in [0.1, 0.15) is 18.4 Å². The van der Waals surface area contributed by atoms with E-state index in [1.807, 2.05) is 12.1 Å². The van der Waals surface area contributed by atoms with Gasteiger partial charge in [0.25, 0.3) is 0 Å². The fraction of sp³-hybridized carbons (Fsp3) is 0.273. The molecule has 5 nitrogen and oxygen atoms in total. The zero-order valence-electron chi connectivity index (χ0n) is 9.40. The summed E-state index contributed by atoms with van der Waals surface area (Å²) >= 11 is 3.44. The smallest absolute Gasteiger partial charge is 0.320 e. The van der Waals surface area contributed by atoms with Crippen LogP contribution >= 0.6 is 15.9 Å². The van der Waals surface area contributed by atoms with E-state index in [0.29, 0.717) is 11.9 Å². The second-order valence-corrected chi connectivity index (χ2v) is 4.40. The number of hydrogen-bond donors (Lipinski definition) is 2. The molecule has 0 bridgehead atoms. The van der Waals surface area contributed by atoms with Crippen LogP contribution in [0.2, 0.25) is 0 Å². The van der Waals surface area contributed by atoms with Crippen LogP contribution in [0.3, 0.4) is 0 Å². The molecule has 0 saturated heterocycles. The molecule has 1 heterocycles. The van der Waals surface area contributed by atoms with Crippen molar-refractivity contribution in [2.75, 3.05) is 5.32 Å². The number of aryl methyl sites for hydroxylation is 1. The third-order valence-electron chi connectivity index (χ3n) is 2.33. The van der Waals surface area contributed by atoms with Crippen molar-refractivity contribution in [3.05, 3.63) is 34.1 Å². The second kappa shape index (κ2) is 5.29. The number of nitrogens with zero attached hydrogens (tertiary/aromatic N) is 2. The largest absolute Gasteiger partial charge is 0.406 e. The normalized spacial score (nSPS) is 10.5. The molecule has 0 spiro atoms. The van der Waals surface area contributed by atoms with Gasteiger partial charge in [0.15, 0.2) is 0 Å². The molecule has 1 aromatic heterocycles. The van der Waals surface area contributed by atoms with Gasteiger partial charge in [-0.05, 0) is 30.2 Å². The fourth-order valence-corrected chi connectivity index (χ4v) is 1.89. The summed E-state index contributed by atoms with van der Waals surface area (Å²) in [5, 5.41) is 10.7. The van der Waals surface area contributed by atoms with Crippen LogP contribution in [0.25, 0.3) is 0 Å². The van der Waals surface area contributed by atoms with E-state index in [0.717, 1.165) is 16.6 Å². The van der Waals surface area contributed by atoms with E-state index in [-0.39, 0.29) is 6.54 Å². The highest BCUT2D eigenvalue weighted by Gasteiger charge is 2.07. The lowest BCUT2D eigenvalue weighted by molar-refractivity contribution is 0.511. The predicted octanol–water partition coefficient (Wildman–Crippen LogP) is 2.60. The maximum atomic E-state index is 5.40. The minimum atomic E-state index is 0.246.